The van der Waals surface area contributed by atoms with Gasteiger partial charge in [-0.05, 0) is 42.7 Å². The Morgan fingerprint density at radius 1 is 1.12 bits per heavy atom. The van der Waals surface area contributed by atoms with Crippen LogP contribution in [0, 0.1) is 13.8 Å². The molecule has 1 aromatic heterocycles. The van der Waals surface area contributed by atoms with Crippen molar-refractivity contribution >= 4 is 5.78 Å². The number of nitrogens with zero attached hydrogens (tertiary/aromatic N) is 1. The van der Waals surface area contributed by atoms with Gasteiger partial charge in [0.1, 0.15) is 0 Å². The van der Waals surface area contributed by atoms with Crippen LogP contribution in [0.3, 0.4) is 0 Å². The van der Waals surface area contributed by atoms with Gasteiger partial charge in [0, 0.05) is 19.7 Å². The fourth-order valence-electron chi connectivity index (χ4n) is 2.13. The van der Waals surface area contributed by atoms with E-state index in [9.17, 15) is 4.79 Å². The van der Waals surface area contributed by atoms with Crippen LogP contribution in [-0.4, -0.2) is 10.4 Å². The first-order chi connectivity index (χ1) is 8.09. The van der Waals surface area contributed by atoms with Crippen molar-refractivity contribution in [1.29, 1.82) is 0 Å². The summed E-state index contributed by atoms with van der Waals surface area (Å²) >= 11 is 0. The molecule has 0 saturated heterocycles. The number of aryl methyl sites for hydroxylation is 3. The normalized spacial score (nSPS) is 10.5. The summed E-state index contributed by atoms with van der Waals surface area (Å²) < 4.78 is 1.87. The minimum absolute atomic E-state index is 0.176. The number of benzene rings is 1. The van der Waals surface area contributed by atoms with Gasteiger partial charge in [-0.2, -0.15) is 0 Å². The van der Waals surface area contributed by atoms with Crippen LogP contribution in [0.25, 0.3) is 0 Å². The summed E-state index contributed by atoms with van der Waals surface area (Å²) in [4.78, 5) is 12.2. The van der Waals surface area contributed by atoms with E-state index in [-0.39, 0.29) is 5.78 Å². The quantitative estimate of drug-likeness (QED) is 0.739. The van der Waals surface area contributed by atoms with Crippen molar-refractivity contribution in [2.24, 2.45) is 7.05 Å². The Labute approximate surface area is 102 Å². The smallest absolute Gasteiger partial charge is 0.183 e. The maximum atomic E-state index is 12.2. The summed E-state index contributed by atoms with van der Waals surface area (Å²) in [5, 5.41) is 0. The van der Waals surface area contributed by atoms with Crippen LogP contribution in [0.1, 0.15) is 27.2 Å². The van der Waals surface area contributed by atoms with Gasteiger partial charge in [0.05, 0.1) is 5.69 Å². The largest absolute Gasteiger partial charge is 0.348 e. The van der Waals surface area contributed by atoms with Gasteiger partial charge in [-0.3, -0.25) is 4.79 Å². The first-order valence-electron chi connectivity index (χ1n) is 5.79. The van der Waals surface area contributed by atoms with Crippen molar-refractivity contribution in [3.05, 3.63) is 58.9 Å². The van der Waals surface area contributed by atoms with Gasteiger partial charge in [0.2, 0.25) is 0 Å². The zero-order chi connectivity index (χ0) is 12.4. The molecule has 2 rings (SSSR count). The fraction of sp³-hybridized carbons (Fsp3) is 0.267. The number of rotatable bonds is 3. The standard InChI is InChI=1S/C15H17NO/c1-11-6-4-7-12(2)13(11)10-15(17)14-8-5-9-16(14)3/h4-9H,10H2,1-3H3. The van der Waals surface area contributed by atoms with Crippen molar-refractivity contribution in [1.82, 2.24) is 4.57 Å². The molecule has 0 saturated carbocycles. The SMILES string of the molecule is Cc1cccc(C)c1CC(=O)c1cccn1C. The number of carbonyl (C=O) groups excluding carboxylic acids is 1. The maximum absolute atomic E-state index is 12.2. The Morgan fingerprint density at radius 3 is 2.29 bits per heavy atom. The van der Waals surface area contributed by atoms with Crippen LogP contribution >= 0.6 is 0 Å². The Hall–Kier alpha value is -1.83. The van der Waals surface area contributed by atoms with Crippen LogP contribution in [0.2, 0.25) is 0 Å². The lowest BCUT2D eigenvalue weighted by Crippen LogP contribution is -2.10. The lowest BCUT2D eigenvalue weighted by atomic mass is 9.97. The summed E-state index contributed by atoms with van der Waals surface area (Å²) in [6.07, 6.45) is 2.38. The first-order valence-corrected chi connectivity index (χ1v) is 5.79. The molecule has 2 aromatic rings. The van der Waals surface area contributed by atoms with Gasteiger partial charge in [0.25, 0.3) is 0 Å². The molecule has 0 atom stereocenters. The van der Waals surface area contributed by atoms with Gasteiger partial charge in [-0.25, -0.2) is 0 Å². The lowest BCUT2D eigenvalue weighted by molar-refractivity contribution is 0.0985. The Balaban J connectivity index is 2.28. The number of ketones is 1. The van der Waals surface area contributed by atoms with E-state index in [1.54, 1.807) is 0 Å². The van der Waals surface area contributed by atoms with E-state index in [4.69, 9.17) is 0 Å². The third-order valence-electron chi connectivity index (χ3n) is 3.21. The molecule has 0 aliphatic heterocycles. The molecule has 1 heterocycles. The molecule has 0 spiro atoms. The number of hydrogen-bond acceptors (Lipinski definition) is 1. The van der Waals surface area contributed by atoms with Crippen LogP contribution in [0.4, 0.5) is 0 Å². The lowest BCUT2D eigenvalue weighted by Gasteiger charge is -2.09. The number of aromatic nitrogens is 1. The maximum Gasteiger partial charge on any atom is 0.183 e. The van der Waals surface area contributed by atoms with Crippen molar-refractivity contribution in [3.8, 4) is 0 Å². The van der Waals surface area contributed by atoms with Crippen molar-refractivity contribution in [2.75, 3.05) is 0 Å². The van der Waals surface area contributed by atoms with Crippen LogP contribution < -0.4 is 0 Å². The molecule has 17 heavy (non-hydrogen) atoms. The highest BCUT2D eigenvalue weighted by atomic mass is 16.1. The number of Topliss-reactive ketones (excluding diaryl/α,β-unsaturated/α-hetero) is 1. The Bertz CT molecular complexity index is 532. The zero-order valence-corrected chi connectivity index (χ0v) is 10.5. The minimum atomic E-state index is 0.176. The van der Waals surface area contributed by atoms with Crippen molar-refractivity contribution in [2.45, 2.75) is 20.3 Å². The molecule has 2 heteroatoms. The molecule has 0 fully saturated rings. The van der Waals surface area contributed by atoms with E-state index >= 15 is 0 Å². The summed E-state index contributed by atoms with van der Waals surface area (Å²) in [6, 6.07) is 9.91. The molecule has 0 aliphatic rings. The molecule has 0 radical (unpaired) electrons. The average molecular weight is 227 g/mol. The van der Waals surface area contributed by atoms with E-state index < -0.39 is 0 Å². The molecule has 88 valence electrons. The van der Waals surface area contributed by atoms with E-state index in [0.29, 0.717) is 6.42 Å². The van der Waals surface area contributed by atoms with Gasteiger partial charge in [-0.15, -0.1) is 0 Å². The van der Waals surface area contributed by atoms with Crippen molar-refractivity contribution < 1.29 is 4.79 Å². The highest BCUT2D eigenvalue weighted by Gasteiger charge is 2.12. The minimum Gasteiger partial charge on any atom is -0.348 e. The predicted molar refractivity (Wildman–Crippen MR) is 69.4 cm³/mol. The molecule has 1 aromatic carbocycles. The highest BCUT2D eigenvalue weighted by Crippen LogP contribution is 2.16. The molecule has 0 bridgehead atoms. The van der Waals surface area contributed by atoms with Gasteiger partial charge in [0.15, 0.2) is 5.78 Å². The second kappa shape index (κ2) is 4.58. The monoisotopic (exact) mass is 227 g/mol. The summed E-state index contributed by atoms with van der Waals surface area (Å²) in [5.74, 6) is 0.176. The van der Waals surface area contributed by atoms with E-state index in [1.807, 2.05) is 36.0 Å². The third kappa shape index (κ3) is 2.31. The molecule has 0 aliphatic carbocycles. The van der Waals surface area contributed by atoms with E-state index in [1.165, 1.54) is 11.1 Å². The van der Waals surface area contributed by atoms with Crippen LogP contribution in [0.5, 0.6) is 0 Å². The Morgan fingerprint density at radius 2 is 1.76 bits per heavy atom. The molecule has 0 unspecified atom stereocenters. The highest BCUT2D eigenvalue weighted by molar-refractivity contribution is 5.96. The third-order valence-corrected chi connectivity index (χ3v) is 3.21. The predicted octanol–water partition coefficient (Wildman–Crippen LogP) is 3.07. The first kappa shape index (κ1) is 11.6. The zero-order valence-electron chi connectivity index (χ0n) is 10.5. The second-order valence-corrected chi connectivity index (χ2v) is 4.47. The molecular formula is C15H17NO. The summed E-state index contributed by atoms with van der Waals surface area (Å²) in [5.41, 5.74) is 4.30. The van der Waals surface area contributed by atoms with E-state index in [0.717, 1.165) is 11.3 Å². The van der Waals surface area contributed by atoms with Crippen molar-refractivity contribution in [3.63, 3.8) is 0 Å². The molecule has 2 nitrogen and oxygen atoms in total. The fourth-order valence-corrected chi connectivity index (χ4v) is 2.13. The summed E-state index contributed by atoms with van der Waals surface area (Å²) in [7, 11) is 1.90. The van der Waals surface area contributed by atoms with Crippen LogP contribution in [-0.2, 0) is 13.5 Å². The van der Waals surface area contributed by atoms with Gasteiger partial charge >= 0.3 is 0 Å². The number of hydrogen-bond donors (Lipinski definition) is 0. The average Bonchev–Trinajstić information content (AvgIpc) is 2.70. The Kier molecular flexibility index (Phi) is 3.14. The van der Waals surface area contributed by atoms with E-state index in [2.05, 4.69) is 26.0 Å². The number of carbonyl (C=O) groups is 1. The summed E-state index contributed by atoms with van der Waals surface area (Å²) in [6.45, 7) is 4.11. The van der Waals surface area contributed by atoms with Crippen LogP contribution in [0.15, 0.2) is 36.5 Å². The second-order valence-electron chi connectivity index (χ2n) is 4.47. The van der Waals surface area contributed by atoms with Gasteiger partial charge < -0.3 is 4.57 Å². The molecule has 0 amide bonds. The van der Waals surface area contributed by atoms with Gasteiger partial charge in [-0.1, -0.05) is 18.2 Å². The molecule has 0 N–H and O–H groups in total. The topological polar surface area (TPSA) is 22.0 Å². The molecular weight excluding hydrogens is 210 g/mol.